The van der Waals surface area contributed by atoms with Gasteiger partial charge in [0, 0.05) is 29.0 Å². The van der Waals surface area contributed by atoms with Crippen molar-refractivity contribution < 1.29 is 10.3 Å². The lowest BCUT2D eigenvalue weighted by Crippen LogP contribution is -1.98. The van der Waals surface area contributed by atoms with Gasteiger partial charge in [0.1, 0.15) is 0 Å². The Bertz CT molecular complexity index is 528. The highest BCUT2D eigenvalue weighted by Gasteiger charge is 2.01. The van der Waals surface area contributed by atoms with E-state index in [2.05, 4.69) is 4.98 Å². The van der Waals surface area contributed by atoms with Gasteiger partial charge in [-0.1, -0.05) is 29.3 Å². The topological polar surface area (TPSA) is 81.2 Å². The number of aryl methyl sites for hydroxylation is 2. The van der Waals surface area contributed by atoms with Crippen molar-refractivity contribution in [3.05, 3.63) is 62.6 Å². The highest BCUT2D eigenvalue weighted by Crippen LogP contribution is 2.21. The fourth-order valence-corrected chi connectivity index (χ4v) is 1.90. The minimum absolute atomic E-state index is 0.673. The first-order chi connectivity index (χ1) is 8.99. The number of aromatic nitrogens is 2. The van der Waals surface area contributed by atoms with Crippen LogP contribution in [-0.4, -0.2) is 19.8 Å². The van der Waals surface area contributed by atoms with Gasteiger partial charge >= 0.3 is 0 Å². The van der Waals surface area contributed by atoms with E-state index >= 15 is 0 Å². The largest absolute Gasteiger partial charge is 0.337 e. The van der Waals surface area contributed by atoms with Crippen LogP contribution in [-0.2, 0) is 13.0 Å². The van der Waals surface area contributed by atoms with Crippen molar-refractivity contribution in [2.45, 2.75) is 13.0 Å². The molecule has 0 saturated carbocycles. The SMILES string of the molecule is Clc1ccc(CCn2ccnc2)c(Cl)c1.O=[N+]([O-])O. The predicted molar refractivity (Wildman–Crippen MR) is 71.2 cm³/mol. The monoisotopic (exact) mass is 303 g/mol. The first-order valence-corrected chi connectivity index (χ1v) is 5.97. The molecule has 0 unspecified atom stereocenters. The van der Waals surface area contributed by atoms with Crippen molar-refractivity contribution >= 4 is 23.2 Å². The Balaban J connectivity index is 0.000000399. The molecule has 1 N–H and O–H groups in total. The average Bonchev–Trinajstić information content (AvgIpc) is 2.80. The normalized spacial score (nSPS) is 9.58. The molecule has 0 aliphatic carbocycles. The van der Waals surface area contributed by atoms with E-state index in [-0.39, 0.29) is 0 Å². The van der Waals surface area contributed by atoms with Crippen LogP contribution in [0.1, 0.15) is 5.56 Å². The minimum atomic E-state index is -1.50. The van der Waals surface area contributed by atoms with Gasteiger partial charge in [-0.2, -0.15) is 0 Å². The summed E-state index contributed by atoms with van der Waals surface area (Å²) in [4.78, 5) is 12.3. The molecule has 1 aromatic heterocycles. The molecule has 102 valence electrons. The average molecular weight is 304 g/mol. The van der Waals surface area contributed by atoms with E-state index < -0.39 is 5.09 Å². The van der Waals surface area contributed by atoms with Crippen LogP contribution in [0.15, 0.2) is 36.9 Å². The van der Waals surface area contributed by atoms with Gasteiger partial charge in [-0.3, -0.25) is 0 Å². The second kappa shape index (κ2) is 7.60. The number of benzene rings is 1. The molecule has 2 rings (SSSR count). The van der Waals surface area contributed by atoms with Gasteiger partial charge in [0.25, 0.3) is 5.09 Å². The van der Waals surface area contributed by atoms with Crippen LogP contribution < -0.4 is 0 Å². The van der Waals surface area contributed by atoms with Gasteiger partial charge in [-0.05, 0) is 24.1 Å². The maximum atomic E-state index is 8.36. The maximum absolute atomic E-state index is 8.36. The third kappa shape index (κ3) is 6.08. The summed E-state index contributed by atoms with van der Waals surface area (Å²) in [5.41, 5.74) is 1.11. The summed E-state index contributed by atoms with van der Waals surface area (Å²) in [7, 11) is 0. The molecule has 0 saturated heterocycles. The molecule has 0 atom stereocenters. The van der Waals surface area contributed by atoms with E-state index in [1.807, 2.05) is 22.9 Å². The second-order valence-corrected chi connectivity index (χ2v) is 4.37. The highest BCUT2D eigenvalue weighted by atomic mass is 35.5. The lowest BCUT2D eigenvalue weighted by molar-refractivity contribution is -0.742. The molecule has 0 aliphatic heterocycles. The Morgan fingerprint density at radius 1 is 1.42 bits per heavy atom. The molecule has 2 aromatic rings. The van der Waals surface area contributed by atoms with Crippen LogP contribution in [0.3, 0.4) is 0 Å². The molecule has 0 spiro atoms. The molecule has 0 aliphatic rings. The van der Waals surface area contributed by atoms with Gasteiger partial charge in [-0.15, -0.1) is 10.1 Å². The predicted octanol–water partition coefficient (Wildman–Crippen LogP) is 3.08. The summed E-state index contributed by atoms with van der Waals surface area (Å²) >= 11 is 11.9. The second-order valence-electron chi connectivity index (χ2n) is 3.52. The molecule has 0 amide bonds. The van der Waals surface area contributed by atoms with Crippen molar-refractivity contribution in [2.75, 3.05) is 0 Å². The summed E-state index contributed by atoms with van der Waals surface area (Å²) in [5.74, 6) is 0. The van der Waals surface area contributed by atoms with Gasteiger partial charge in [0.2, 0.25) is 0 Å². The molecular formula is C11H11Cl2N3O3. The van der Waals surface area contributed by atoms with Crippen LogP contribution >= 0.6 is 23.2 Å². The molecule has 6 nitrogen and oxygen atoms in total. The number of rotatable bonds is 3. The van der Waals surface area contributed by atoms with Crippen molar-refractivity contribution in [2.24, 2.45) is 0 Å². The van der Waals surface area contributed by atoms with Gasteiger partial charge < -0.3 is 9.77 Å². The molecule has 1 heterocycles. The number of hydrogen-bond donors (Lipinski definition) is 1. The molecule has 19 heavy (non-hydrogen) atoms. The van der Waals surface area contributed by atoms with Crippen LogP contribution in [0.5, 0.6) is 0 Å². The van der Waals surface area contributed by atoms with E-state index in [9.17, 15) is 0 Å². The lowest BCUT2D eigenvalue weighted by Gasteiger charge is -2.05. The van der Waals surface area contributed by atoms with Gasteiger partial charge in [0.05, 0.1) is 6.33 Å². The summed E-state index contributed by atoms with van der Waals surface area (Å²) in [6.45, 7) is 0.876. The summed E-state index contributed by atoms with van der Waals surface area (Å²) in [5, 5.41) is 15.0. The van der Waals surface area contributed by atoms with E-state index in [1.54, 1.807) is 18.6 Å². The molecule has 1 aromatic carbocycles. The zero-order chi connectivity index (χ0) is 14.3. The highest BCUT2D eigenvalue weighted by molar-refractivity contribution is 6.35. The summed E-state index contributed by atoms with van der Waals surface area (Å²) in [6, 6.07) is 5.59. The van der Waals surface area contributed by atoms with Crippen molar-refractivity contribution in [1.82, 2.24) is 9.55 Å². The molecule has 0 bridgehead atoms. The zero-order valence-corrected chi connectivity index (χ0v) is 11.3. The zero-order valence-electron chi connectivity index (χ0n) is 9.74. The van der Waals surface area contributed by atoms with Crippen LogP contribution in [0.4, 0.5) is 0 Å². The first kappa shape index (κ1) is 15.3. The fraction of sp³-hybridized carbons (Fsp3) is 0.182. The summed E-state index contributed by atoms with van der Waals surface area (Å²) < 4.78 is 2.02. The number of hydrogen-bond acceptors (Lipinski definition) is 3. The quantitative estimate of drug-likeness (QED) is 0.698. The van der Waals surface area contributed by atoms with Gasteiger partial charge in [0.15, 0.2) is 0 Å². The van der Waals surface area contributed by atoms with E-state index in [0.29, 0.717) is 5.02 Å². The Hall–Kier alpha value is -1.79. The third-order valence-electron chi connectivity index (χ3n) is 2.21. The van der Waals surface area contributed by atoms with E-state index in [0.717, 1.165) is 23.6 Å². The standard InChI is InChI=1S/C11H10Cl2N2.HNO3/c12-10-2-1-9(11(13)7-10)3-5-15-6-4-14-8-15;2-1(3)4/h1-2,4,6-8H,3,5H2;(H,2,3,4). The Labute approximate surface area is 119 Å². The van der Waals surface area contributed by atoms with Crippen LogP contribution in [0.2, 0.25) is 10.0 Å². The van der Waals surface area contributed by atoms with Crippen molar-refractivity contribution in [3.8, 4) is 0 Å². The number of imidazole rings is 1. The number of nitrogens with zero attached hydrogens (tertiary/aromatic N) is 3. The summed E-state index contributed by atoms with van der Waals surface area (Å²) in [6.07, 6.45) is 6.38. The molecule has 0 fully saturated rings. The smallest absolute Gasteiger partial charge is 0.291 e. The number of halogens is 2. The van der Waals surface area contributed by atoms with E-state index in [1.165, 1.54) is 0 Å². The third-order valence-corrected chi connectivity index (χ3v) is 2.80. The lowest BCUT2D eigenvalue weighted by atomic mass is 10.1. The molecule has 8 heteroatoms. The van der Waals surface area contributed by atoms with Crippen LogP contribution in [0.25, 0.3) is 0 Å². The Morgan fingerprint density at radius 3 is 2.63 bits per heavy atom. The maximum Gasteiger partial charge on any atom is 0.291 e. The van der Waals surface area contributed by atoms with Crippen molar-refractivity contribution in [1.29, 1.82) is 0 Å². The fourth-order valence-electron chi connectivity index (χ4n) is 1.39. The van der Waals surface area contributed by atoms with Crippen LogP contribution in [0, 0.1) is 10.1 Å². The Morgan fingerprint density at radius 2 is 2.11 bits per heavy atom. The molecule has 0 radical (unpaired) electrons. The van der Waals surface area contributed by atoms with Gasteiger partial charge in [-0.25, -0.2) is 4.98 Å². The molecular weight excluding hydrogens is 293 g/mol. The minimum Gasteiger partial charge on any atom is -0.337 e. The first-order valence-electron chi connectivity index (χ1n) is 5.22. The Kier molecular flexibility index (Phi) is 6.11. The van der Waals surface area contributed by atoms with E-state index in [4.69, 9.17) is 38.5 Å². The van der Waals surface area contributed by atoms with Crippen molar-refractivity contribution in [3.63, 3.8) is 0 Å².